The zero-order valence-corrected chi connectivity index (χ0v) is 16.5. The Morgan fingerprint density at radius 1 is 1.33 bits per heavy atom. The molecule has 0 atom stereocenters. The summed E-state index contributed by atoms with van der Waals surface area (Å²) < 4.78 is 24.0. The van der Waals surface area contributed by atoms with Crippen LogP contribution in [0.4, 0.5) is 0 Å². The first-order valence-corrected chi connectivity index (χ1v) is 10.6. The summed E-state index contributed by atoms with van der Waals surface area (Å²) >= 11 is 17.9. The van der Waals surface area contributed by atoms with Crippen molar-refractivity contribution in [1.29, 1.82) is 0 Å². The molecule has 1 saturated heterocycles. The quantitative estimate of drug-likeness (QED) is 0.554. The Labute approximate surface area is 160 Å². The van der Waals surface area contributed by atoms with Gasteiger partial charge in [-0.3, -0.25) is 4.79 Å². The molecule has 0 radical (unpaired) electrons. The van der Waals surface area contributed by atoms with Crippen molar-refractivity contribution < 1.29 is 13.2 Å². The number of sulfonamides is 1. The highest BCUT2D eigenvalue weighted by molar-refractivity contribution is 8.26. The van der Waals surface area contributed by atoms with Crippen LogP contribution in [0.5, 0.6) is 0 Å². The van der Waals surface area contributed by atoms with Gasteiger partial charge in [0.1, 0.15) is 0 Å². The number of amides is 1. The molecule has 24 heavy (non-hydrogen) atoms. The van der Waals surface area contributed by atoms with Crippen molar-refractivity contribution in [2.45, 2.75) is 19.8 Å². The minimum atomic E-state index is -3.61. The van der Waals surface area contributed by atoms with Gasteiger partial charge in [0.05, 0.1) is 20.7 Å². The molecule has 1 heterocycles. The highest BCUT2D eigenvalue weighted by Crippen LogP contribution is 2.32. The van der Waals surface area contributed by atoms with Crippen LogP contribution in [0.25, 0.3) is 6.08 Å². The number of hydrogen-bond donors (Lipinski definition) is 1. The summed E-state index contributed by atoms with van der Waals surface area (Å²) in [6.45, 7) is 1.88. The van der Waals surface area contributed by atoms with Crippen molar-refractivity contribution in [2.24, 2.45) is 0 Å². The van der Waals surface area contributed by atoms with Crippen LogP contribution in [0.2, 0.25) is 10.0 Å². The molecule has 1 aliphatic rings. The zero-order chi connectivity index (χ0) is 17.9. The van der Waals surface area contributed by atoms with Crippen molar-refractivity contribution in [3.63, 3.8) is 0 Å². The van der Waals surface area contributed by atoms with Crippen molar-refractivity contribution in [1.82, 2.24) is 9.84 Å². The maximum Gasteiger partial charge on any atom is 0.281 e. The highest BCUT2D eigenvalue weighted by Gasteiger charge is 2.34. The van der Waals surface area contributed by atoms with Crippen molar-refractivity contribution >= 4 is 73.5 Å². The van der Waals surface area contributed by atoms with Gasteiger partial charge in [-0.15, -0.1) is 4.83 Å². The van der Waals surface area contributed by atoms with Gasteiger partial charge in [-0.05, 0) is 30.2 Å². The lowest BCUT2D eigenvalue weighted by Gasteiger charge is -2.15. The summed E-state index contributed by atoms with van der Waals surface area (Å²) in [6.07, 6.45) is 2.82. The van der Waals surface area contributed by atoms with Gasteiger partial charge in [0.15, 0.2) is 4.32 Å². The van der Waals surface area contributed by atoms with E-state index in [9.17, 15) is 13.2 Å². The SMILES string of the molecule is CCCCS(=O)(=O)NN1C(=O)/C(=C\c2ccc(Cl)c(Cl)c2)SC1=S. The molecule has 10 heteroatoms. The largest absolute Gasteiger partial charge is 0.281 e. The van der Waals surface area contributed by atoms with Crippen LogP contribution in [-0.4, -0.2) is 29.4 Å². The number of thioether (sulfide) groups is 1. The van der Waals surface area contributed by atoms with Gasteiger partial charge in [-0.25, -0.2) is 13.4 Å². The van der Waals surface area contributed by atoms with Gasteiger partial charge >= 0.3 is 0 Å². The smallest absolute Gasteiger partial charge is 0.267 e. The van der Waals surface area contributed by atoms with Gasteiger partial charge < -0.3 is 0 Å². The van der Waals surface area contributed by atoms with Crippen LogP contribution in [-0.2, 0) is 14.8 Å². The Bertz CT molecular complexity index is 809. The fourth-order valence-corrected chi connectivity index (χ4v) is 4.63. The Hall–Kier alpha value is -0.640. The Balaban J connectivity index is 2.19. The summed E-state index contributed by atoms with van der Waals surface area (Å²) in [6, 6.07) is 4.93. The second-order valence-electron chi connectivity index (χ2n) is 4.95. The number of rotatable bonds is 6. The Morgan fingerprint density at radius 2 is 2.04 bits per heavy atom. The predicted octanol–water partition coefficient (Wildman–Crippen LogP) is 3.83. The lowest BCUT2D eigenvalue weighted by Crippen LogP contribution is -2.45. The van der Waals surface area contributed by atoms with Gasteiger partial charge in [0.2, 0.25) is 10.0 Å². The van der Waals surface area contributed by atoms with Crippen LogP contribution >= 0.6 is 47.2 Å². The molecular weight excluding hydrogens is 411 g/mol. The molecule has 1 fully saturated rings. The molecule has 2 rings (SSSR count). The standard InChI is InChI=1S/C14H14Cl2N2O3S3/c1-2-3-6-24(20,21)17-18-13(19)12(23-14(18)22)8-9-4-5-10(15)11(16)7-9/h4-5,7-8,17H,2-3,6H2,1H3/b12-8+. The maximum absolute atomic E-state index is 12.4. The van der Waals surface area contributed by atoms with E-state index >= 15 is 0 Å². The second kappa shape index (κ2) is 8.16. The van der Waals surface area contributed by atoms with E-state index in [-0.39, 0.29) is 10.1 Å². The number of carbonyl (C=O) groups excluding carboxylic acids is 1. The van der Waals surface area contributed by atoms with E-state index in [1.165, 1.54) is 0 Å². The predicted molar refractivity (Wildman–Crippen MR) is 103 cm³/mol. The molecule has 0 spiro atoms. The van der Waals surface area contributed by atoms with Crippen LogP contribution in [0.1, 0.15) is 25.3 Å². The highest BCUT2D eigenvalue weighted by atomic mass is 35.5. The molecule has 1 aromatic carbocycles. The summed E-state index contributed by atoms with van der Waals surface area (Å²) in [5, 5.41) is 1.65. The van der Waals surface area contributed by atoms with E-state index in [1.54, 1.807) is 24.3 Å². The lowest BCUT2D eigenvalue weighted by molar-refractivity contribution is -0.123. The summed E-state index contributed by atoms with van der Waals surface area (Å²) in [5.74, 6) is -0.581. The third-order valence-corrected chi connectivity index (χ3v) is 6.36. The van der Waals surface area contributed by atoms with Gasteiger partial charge in [0.25, 0.3) is 5.91 Å². The topological polar surface area (TPSA) is 66.5 Å². The molecule has 0 aromatic heterocycles. The van der Waals surface area contributed by atoms with E-state index in [4.69, 9.17) is 35.4 Å². The first kappa shape index (κ1) is 19.7. The van der Waals surface area contributed by atoms with E-state index in [1.807, 2.05) is 6.92 Å². The zero-order valence-electron chi connectivity index (χ0n) is 12.6. The molecular formula is C14H14Cl2N2O3S3. The average molecular weight is 425 g/mol. The van der Waals surface area contributed by atoms with Crippen molar-refractivity contribution in [3.8, 4) is 0 Å². The molecule has 1 N–H and O–H groups in total. The summed E-state index contributed by atoms with van der Waals surface area (Å²) in [5.41, 5.74) is 0.666. The first-order chi connectivity index (χ1) is 11.2. The monoisotopic (exact) mass is 424 g/mol. The van der Waals surface area contributed by atoms with Crippen LogP contribution < -0.4 is 4.83 Å². The van der Waals surface area contributed by atoms with Gasteiger partial charge in [-0.1, -0.05) is 66.6 Å². The number of carbonyl (C=O) groups is 1. The summed E-state index contributed by atoms with van der Waals surface area (Å²) in [4.78, 5) is 14.9. The molecule has 0 bridgehead atoms. The third-order valence-electron chi connectivity index (χ3n) is 3.03. The van der Waals surface area contributed by atoms with E-state index in [2.05, 4.69) is 4.83 Å². The van der Waals surface area contributed by atoms with Crippen molar-refractivity contribution in [2.75, 3.05) is 5.75 Å². The van der Waals surface area contributed by atoms with E-state index in [0.717, 1.165) is 23.2 Å². The molecule has 0 unspecified atom stereocenters. The number of nitrogens with one attached hydrogen (secondary N) is 1. The first-order valence-electron chi connectivity index (χ1n) is 6.96. The maximum atomic E-state index is 12.4. The average Bonchev–Trinajstić information content (AvgIpc) is 2.76. The van der Waals surface area contributed by atoms with Gasteiger partial charge in [0, 0.05) is 0 Å². The second-order valence-corrected chi connectivity index (χ2v) is 9.26. The summed E-state index contributed by atoms with van der Waals surface area (Å²) in [7, 11) is -3.61. The lowest BCUT2D eigenvalue weighted by atomic mass is 10.2. The number of hydrazine groups is 1. The number of thiocarbonyl (C=S) groups is 1. The number of halogens is 2. The third kappa shape index (κ3) is 4.93. The fraction of sp³-hybridized carbons (Fsp3) is 0.286. The number of nitrogens with zero attached hydrogens (tertiary/aromatic N) is 1. The molecule has 1 amide bonds. The molecule has 130 valence electrons. The number of unbranched alkanes of at least 4 members (excludes halogenated alkanes) is 1. The molecule has 1 aromatic rings. The van der Waals surface area contributed by atoms with E-state index in [0.29, 0.717) is 26.9 Å². The Morgan fingerprint density at radius 3 is 2.67 bits per heavy atom. The molecule has 0 aliphatic carbocycles. The molecule has 5 nitrogen and oxygen atoms in total. The minimum Gasteiger partial charge on any atom is -0.267 e. The normalized spacial score (nSPS) is 17.1. The van der Waals surface area contributed by atoms with E-state index < -0.39 is 15.9 Å². The van der Waals surface area contributed by atoms with Crippen LogP contribution in [0.3, 0.4) is 0 Å². The van der Waals surface area contributed by atoms with Crippen LogP contribution in [0, 0.1) is 0 Å². The van der Waals surface area contributed by atoms with Gasteiger partial charge in [-0.2, -0.15) is 0 Å². The molecule has 0 saturated carbocycles. The number of benzene rings is 1. The molecule has 1 aliphatic heterocycles. The Kier molecular flexibility index (Phi) is 6.69. The van der Waals surface area contributed by atoms with Crippen LogP contribution in [0.15, 0.2) is 23.1 Å². The minimum absolute atomic E-state index is 0.0631. The number of hydrogen-bond acceptors (Lipinski definition) is 5. The van der Waals surface area contributed by atoms with Crippen molar-refractivity contribution in [3.05, 3.63) is 38.7 Å². The fourth-order valence-electron chi connectivity index (χ4n) is 1.82.